The number of esters is 1. The summed E-state index contributed by atoms with van der Waals surface area (Å²) >= 11 is 0. The van der Waals surface area contributed by atoms with Gasteiger partial charge < -0.3 is 9.47 Å². The SMILES string of the molecule is COc1ccc(Cn2nc(OC(C)=O)c3ccccc32)cc1. The van der Waals surface area contributed by atoms with E-state index < -0.39 is 0 Å². The third-order valence-electron chi connectivity index (χ3n) is 3.36. The van der Waals surface area contributed by atoms with E-state index in [0.29, 0.717) is 12.4 Å². The van der Waals surface area contributed by atoms with E-state index in [9.17, 15) is 4.79 Å². The van der Waals surface area contributed by atoms with Crippen LogP contribution in [0.4, 0.5) is 0 Å². The Hall–Kier alpha value is -2.82. The van der Waals surface area contributed by atoms with Gasteiger partial charge in [0.2, 0.25) is 5.88 Å². The molecule has 2 aromatic carbocycles. The maximum atomic E-state index is 11.2. The molecule has 112 valence electrons. The lowest BCUT2D eigenvalue weighted by Gasteiger charge is -2.05. The third-order valence-corrected chi connectivity index (χ3v) is 3.36. The Kier molecular flexibility index (Phi) is 3.78. The maximum Gasteiger partial charge on any atom is 0.309 e. The van der Waals surface area contributed by atoms with Gasteiger partial charge >= 0.3 is 5.97 Å². The van der Waals surface area contributed by atoms with Gasteiger partial charge in [-0.05, 0) is 29.8 Å². The Bertz CT molecular complexity index is 806. The highest BCUT2D eigenvalue weighted by molar-refractivity contribution is 5.86. The lowest BCUT2D eigenvalue weighted by molar-refractivity contribution is -0.132. The van der Waals surface area contributed by atoms with E-state index in [0.717, 1.165) is 22.2 Å². The number of para-hydroxylation sites is 1. The highest BCUT2D eigenvalue weighted by Crippen LogP contribution is 2.25. The standard InChI is InChI=1S/C17H16N2O3/c1-12(20)22-17-15-5-3-4-6-16(15)19(18-17)11-13-7-9-14(21-2)10-8-13/h3-10H,11H2,1-2H3. The average molecular weight is 296 g/mol. The van der Waals surface area contributed by atoms with Crippen molar-refractivity contribution in [2.75, 3.05) is 7.11 Å². The van der Waals surface area contributed by atoms with E-state index in [2.05, 4.69) is 5.10 Å². The van der Waals surface area contributed by atoms with E-state index >= 15 is 0 Å². The number of aromatic nitrogens is 2. The molecule has 0 atom stereocenters. The molecule has 0 spiro atoms. The van der Waals surface area contributed by atoms with Gasteiger partial charge in [-0.2, -0.15) is 0 Å². The summed E-state index contributed by atoms with van der Waals surface area (Å²) in [7, 11) is 1.64. The number of nitrogens with zero attached hydrogens (tertiary/aromatic N) is 2. The fourth-order valence-electron chi connectivity index (χ4n) is 2.33. The second-order valence-electron chi connectivity index (χ2n) is 4.92. The number of carbonyl (C=O) groups excluding carboxylic acids is 1. The van der Waals surface area contributed by atoms with Crippen molar-refractivity contribution in [3.63, 3.8) is 0 Å². The molecule has 22 heavy (non-hydrogen) atoms. The molecule has 0 unspecified atom stereocenters. The van der Waals surface area contributed by atoms with Crippen LogP contribution in [0.5, 0.6) is 11.6 Å². The Morgan fingerprint density at radius 2 is 1.86 bits per heavy atom. The number of hydrogen-bond acceptors (Lipinski definition) is 4. The van der Waals surface area contributed by atoms with Crippen molar-refractivity contribution in [2.24, 2.45) is 0 Å². The molecule has 0 aliphatic carbocycles. The van der Waals surface area contributed by atoms with Crippen LogP contribution in [-0.2, 0) is 11.3 Å². The molecule has 0 aliphatic heterocycles. The van der Waals surface area contributed by atoms with Crippen molar-refractivity contribution < 1.29 is 14.3 Å². The molecule has 5 heteroatoms. The highest BCUT2D eigenvalue weighted by atomic mass is 16.5. The first-order valence-electron chi connectivity index (χ1n) is 6.94. The van der Waals surface area contributed by atoms with Crippen LogP contribution in [0.1, 0.15) is 12.5 Å². The van der Waals surface area contributed by atoms with E-state index in [1.54, 1.807) is 7.11 Å². The Labute approximate surface area is 128 Å². The van der Waals surface area contributed by atoms with Gasteiger partial charge in [0.15, 0.2) is 0 Å². The molecule has 1 heterocycles. The molecule has 1 aromatic heterocycles. The van der Waals surface area contributed by atoms with E-state index in [4.69, 9.17) is 9.47 Å². The van der Waals surface area contributed by atoms with Gasteiger partial charge in [0.1, 0.15) is 5.75 Å². The minimum atomic E-state index is -0.375. The molecule has 0 amide bonds. The van der Waals surface area contributed by atoms with Crippen molar-refractivity contribution in [3.8, 4) is 11.6 Å². The third kappa shape index (κ3) is 2.79. The second kappa shape index (κ2) is 5.89. The number of ether oxygens (including phenoxy) is 2. The molecule has 5 nitrogen and oxygen atoms in total. The summed E-state index contributed by atoms with van der Waals surface area (Å²) in [4.78, 5) is 11.2. The number of fused-ring (bicyclic) bond motifs is 1. The molecule has 0 aliphatic rings. The van der Waals surface area contributed by atoms with Crippen LogP contribution in [-0.4, -0.2) is 22.9 Å². The number of hydrogen-bond donors (Lipinski definition) is 0. The quantitative estimate of drug-likeness (QED) is 0.694. The van der Waals surface area contributed by atoms with Gasteiger partial charge in [-0.1, -0.05) is 24.3 Å². The summed E-state index contributed by atoms with van der Waals surface area (Å²) in [6.45, 7) is 1.96. The van der Waals surface area contributed by atoms with Gasteiger partial charge in [-0.25, -0.2) is 0 Å². The molecule has 0 bridgehead atoms. The van der Waals surface area contributed by atoms with Crippen LogP contribution in [0.3, 0.4) is 0 Å². The summed E-state index contributed by atoms with van der Waals surface area (Å²) in [6, 6.07) is 15.5. The van der Waals surface area contributed by atoms with Gasteiger partial charge in [0.25, 0.3) is 0 Å². The number of rotatable bonds is 4. The van der Waals surface area contributed by atoms with Gasteiger partial charge in [0.05, 0.1) is 24.6 Å². The van der Waals surface area contributed by atoms with Gasteiger partial charge in [-0.15, -0.1) is 5.10 Å². The van der Waals surface area contributed by atoms with Crippen LogP contribution in [0, 0.1) is 0 Å². The summed E-state index contributed by atoms with van der Waals surface area (Å²) in [6.07, 6.45) is 0. The Morgan fingerprint density at radius 3 is 2.55 bits per heavy atom. The number of benzene rings is 2. The highest BCUT2D eigenvalue weighted by Gasteiger charge is 2.13. The molecule has 0 N–H and O–H groups in total. The smallest absolute Gasteiger partial charge is 0.309 e. The van der Waals surface area contributed by atoms with Crippen molar-refractivity contribution in [1.82, 2.24) is 9.78 Å². The van der Waals surface area contributed by atoms with Crippen molar-refractivity contribution >= 4 is 16.9 Å². The predicted octanol–water partition coefficient (Wildman–Crippen LogP) is 3.02. The summed E-state index contributed by atoms with van der Waals surface area (Å²) in [5.41, 5.74) is 2.01. The molecule has 0 radical (unpaired) electrons. The lowest BCUT2D eigenvalue weighted by atomic mass is 10.2. The zero-order valence-corrected chi connectivity index (χ0v) is 12.4. The minimum absolute atomic E-state index is 0.344. The zero-order chi connectivity index (χ0) is 15.5. The number of carbonyl (C=O) groups is 1. The maximum absolute atomic E-state index is 11.2. The molecule has 0 fully saturated rings. The van der Waals surface area contributed by atoms with Gasteiger partial charge in [0, 0.05) is 6.92 Å². The van der Waals surface area contributed by atoms with E-state index in [1.165, 1.54) is 6.92 Å². The first-order chi connectivity index (χ1) is 10.7. The lowest BCUT2D eigenvalue weighted by Crippen LogP contribution is -2.05. The van der Waals surface area contributed by atoms with Crippen LogP contribution in [0.25, 0.3) is 10.9 Å². The topological polar surface area (TPSA) is 53.4 Å². The van der Waals surface area contributed by atoms with Crippen molar-refractivity contribution in [2.45, 2.75) is 13.5 Å². The fourth-order valence-corrected chi connectivity index (χ4v) is 2.33. The predicted molar refractivity (Wildman–Crippen MR) is 83.1 cm³/mol. The molecule has 0 saturated heterocycles. The molecule has 0 saturated carbocycles. The molecule has 3 aromatic rings. The minimum Gasteiger partial charge on any atom is -0.497 e. The molecular weight excluding hydrogens is 280 g/mol. The second-order valence-corrected chi connectivity index (χ2v) is 4.92. The first-order valence-corrected chi connectivity index (χ1v) is 6.94. The zero-order valence-electron chi connectivity index (χ0n) is 12.4. The van der Waals surface area contributed by atoms with Crippen LogP contribution < -0.4 is 9.47 Å². The fraction of sp³-hybridized carbons (Fsp3) is 0.176. The van der Waals surface area contributed by atoms with Crippen LogP contribution >= 0.6 is 0 Å². The normalized spacial score (nSPS) is 10.6. The monoisotopic (exact) mass is 296 g/mol. The van der Waals surface area contributed by atoms with Gasteiger partial charge in [-0.3, -0.25) is 9.48 Å². The van der Waals surface area contributed by atoms with E-state index in [-0.39, 0.29) is 5.97 Å². The van der Waals surface area contributed by atoms with Crippen molar-refractivity contribution in [3.05, 3.63) is 54.1 Å². The van der Waals surface area contributed by atoms with Crippen molar-refractivity contribution in [1.29, 1.82) is 0 Å². The molecular formula is C17H16N2O3. The summed E-state index contributed by atoms with van der Waals surface area (Å²) in [5, 5.41) is 5.23. The first kappa shape index (κ1) is 14.1. The Balaban J connectivity index is 1.97. The summed E-state index contributed by atoms with van der Waals surface area (Å²) < 4.78 is 12.2. The number of methoxy groups -OCH3 is 1. The van der Waals surface area contributed by atoms with Crippen LogP contribution in [0.2, 0.25) is 0 Å². The summed E-state index contributed by atoms with van der Waals surface area (Å²) in [5.74, 6) is 0.783. The average Bonchev–Trinajstić information content (AvgIpc) is 2.86. The molecule has 3 rings (SSSR count). The largest absolute Gasteiger partial charge is 0.497 e. The Morgan fingerprint density at radius 1 is 1.14 bits per heavy atom. The van der Waals surface area contributed by atoms with E-state index in [1.807, 2.05) is 53.2 Å². The van der Waals surface area contributed by atoms with Crippen LogP contribution in [0.15, 0.2) is 48.5 Å².